The van der Waals surface area contributed by atoms with Crippen LogP contribution in [0.5, 0.6) is 0 Å². The number of anilines is 1. The quantitative estimate of drug-likeness (QED) is 0.409. The van der Waals surface area contributed by atoms with Crippen LogP contribution in [0.1, 0.15) is 19.9 Å². The van der Waals surface area contributed by atoms with Crippen molar-refractivity contribution in [3.63, 3.8) is 0 Å². The molecular formula is C22H20F2N6OS. The number of hydrogen-bond acceptors (Lipinski definition) is 5. The van der Waals surface area contributed by atoms with Crippen molar-refractivity contribution in [2.45, 2.75) is 25.0 Å². The van der Waals surface area contributed by atoms with Crippen molar-refractivity contribution in [3.8, 4) is 17.1 Å². The maximum Gasteiger partial charge on any atom is 0.235 e. The summed E-state index contributed by atoms with van der Waals surface area (Å²) in [7, 11) is 0. The van der Waals surface area contributed by atoms with Crippen molar-refractivity contribution in [1.29, 1.82) is 0 Å². The molecule has 4 aromatic rings. The molecule has 164 valence electrons. The van der Waals surface area contributed by atoms with Crippen molar-refractivity contribution >= 4 is 23.5 Å². The van der Waals surface area contributed by atoms with E-state index in [4.69, 9.17) is 0 Å². The van der Waals surface area contributed by atoms with Crippen LogP contribution in [-0.2, 0) is 4.79 Å². The highest BCUT2D eigenvalue weighted by Crippen LogP contribution is 2.28. The number of nitrogens with one attached hydrogen (secondary N) is 1. The van der Waals surface area contributed by atoms with E-state index in [1.54, 1.807) is 45.8 Å². The van der Waals surface area contributed by atoms with Gasteiger partial charge >= 0.3 is 0 Å². The lowest BCUT2D eigenvalue weighted by molar-refractivity contribution is -0.113. The minimum Gasteiger partial charge on any atom is -0.310 e. The number of benzene rings is 2. The lowest BCUT2D eigenvalue weighted by Crippen LogP contribution is -2.18. The highest BCUT2D eigenvalue weighted by atomic mass is 32.2. The minimum atomic E-state index is -0.375. The summed E-state index contributed by atoms with van der Waals surface area (Å²) < 4.78 is 30.3. The predicted octanol–water partition coefficient (Wildman–Crippen LogP) is 4.72. The molecule has 0 aliphatic heterocycles. The van der Waals surface area contributed by atoms with Crippen LogP contribution in [0, 0.1) is 11.6 Å². The fraction of sp³-hybridized carbons (Fsp3) is 0.182. The van der Waals surface area contributed by atoms with Gasteiger partial charge in [-0.1, -0.05) is 11.8 Å². The summed E-state index contributed by atoms with van der Waals surface area (Å²) in [6.45, 7) is 3.94. The summed E-state index contributed by atoms with van der Waals surface area (Å²) in [4.78, 5) is 12.5. The van der Waals surface area contributed by atoms with Crippen molar-refractivity contribution < 1.29 is 13.6 Å². The van der Waals surface area contributed by atoms with E-state index in [1.807, 2.05) is 13.8 Å². The Morgan fingerprint density at radius 3 is 2.31 bits per heavy atom. The SMILES string of the molecule is CC(C)n1nccc1NC(=O)CSc1nnc(-c2ccc(F)cc2)n1-c1ccc(F)cc1. The second kappa shape index (κ2) is 9.31. The first kappa shape index (κ1) is 21.7. The Kier molecular flexibility index (Phi) is 6.31. The molecule has 2 aromatic heterocycles. The number of halogens is 2. The van der Waals surface area contributed by atoms with Gasteiger partial charge in [-0.3, -0.25) is 9.36 Å². The first-order valence-corrected chi connectivity index (χ1v) is 10.8. The Morgan fingerprint density at radius 1 is 1.00 bits per heavy atom. The zero-order chi connectivity index (χ0) is 22.7. The molecule has 1 N–H and O–H groups in total. The van der Waals surface area contributed by atoms with Gasteiger partial charge in [0.25, 0.3) is 0 Å². The molecular weight excluding hydrogens is 434 g/mol. The van der Waals surface area contributed by atoms with Gasteiger partial charge in [0.15, 0.2) is 11.0 Å². The molecule has 0 atom stereocenters. The summed E-state index contributed by atoms with van der Waals surface area (Å²) in [5.41, 5.74) is 1.26. The molecule has 0 bridgehead atoms. The molecule has 0 spiro atoms. The molecule has 0 saturated carbocycles. The van der Waals surface area contributed by atoms with Gasteiger partial charge < -0.3 is 5.32 Å². The van der Waals surface area contributed by atoms with Crippen LogP contribution in [0.25, 0.3) is 17.1 Å². The number of amides is 1. The summed E-state index contributed by atoms with van der Waals surface area (Å²) >= 11 is 1.19. The van der Waals surface area contributed by atoms with E-state index >= 15 is 0 Å². The summed E-state index contributed by atoms with van der Waals surface area (Å²) in [5, 5.41) is 16.0. The normalized spacial score (nSPS) is 11.2. The van der Waals surface area contributed by atoms with Gasteiger partial charge in [0.05, 0.1) is 11.9 Å². The summed E-state index contributed by atoms with van der Waals surface area (Å²) in [6.07, 6.45) is 1.63. The Hall–Kier alpha value is -3.53. The Labute approximate surface area is 187 Å². The number of nitrogens with zero attached hydrogens (tertiary/aromatic N) is 5. The molecule has 0 radical (unpaired) electrons. The first-order chi connectivity index (χ1) is 15.4. The van der Waals surface area contributed by atoms with Crippen LogP contribution < -0.4 is 5.32 Å². The third kappa shape index (κ3) is 4.70. The summed E-state index contributed by atoms with van der Waals surface area (Å²) in [6, 6.07) is 13.5. The third-order valence-electron chi connectivity index (χ3n) is 4.58. The van der Waals surface area contributed by atoms with Gasteiger partial charge in [0, 0.05) is 23.4 Å². The van der Waals surface area contributed by atoms with E-state index in [1.165, 1.54) is 36.0 Å². The van der Waals surface area contributed by atoms with Crippen LogP contribution in [-0.4, -0.2) is 36.2 Å². The lowest BCUT2D eigenvalue weighted by atomic mass is 10.2. The predicted molar refractivity (Wildman–Crippen MR) is 119 cm³/mol. The van der Waals surface area contributed by atoms with Gasteiger partial charge in [-0.15, -0.1) is 10.2 Å². The average Bonchev–Trinajstić information content (AvgIpc) is 3.40. The number of carbonyl (C=O) groups is 1. The number of carbonyl (C=O) groups excluding carboxylic acids is 1. The smallest absolute Gasteiger partial charge is 0.235 e. The maximum atomic E-state index is 13.5. The van der Waals surface area contributed by atoms with Crippen LogP contribution in [0.2, 0.25) is 0 Å². The van der Waals surface area contributed by atoms with Crippen molar-refractivity contribution in [2.24, 2.45) is 0 Å². The molecule has 10 heteroatoms. The fourth-order valence-electron chi connectivity index (χ4n) is 3.11. The maximum absolute atomic E-state index is 13.5. The second-order valence-electron chi connectivity index (χ2n) is 7.22. The van der Waals surface area contributed by atoms with E-state index < -0.39 is 0 Å². The highest BCUT2D eigenvalue weighted by molar-refractivity contribution is 7.99. The molecule has 0 fully saturated rings. The molecule has 0 saturated heterocycles. The van der Waals surface area contributed by atoms with Crippen molar-refractivity contribution in [3.05, 3.63) is 72.4 Å². The Morgan fingerprint density at radius 2 is 1.66 bits per heavy atom. The fourth-order valence-corrected chi connectivity index (χ4v) is 3.86. The Balaban J connectivity index is 1.59. The van der Waals surface area contributed by atoms with E-state index in [0.29, 0.717) is 28.0 Å². The number of hydrogen-bond donors (Lipinski definition) is 1. The van der Waals surface area contributed by atoms with Gasteiger partial charge in [-0.25, -0.2) is 13.5 Å². The van der Waals surface area contributed by atoms with Gasteiger partial charge in [0.2, 0.25) is 5.91 Å². The number of rotatable bonds is 7. The van der Waals surface area contributed by atoms with Crippen LogP contribution >= 0.6 is 11.8 Å². The first-order valence-electron chi connectivity index (χ1n) is 9.86. The molecule has 4 rings (SSSR count). The molecule has 1 amide bonds. The number of thioether (sulfide) groups is 1. The van der Waals surface area contributed by atoms with Crippen LogP contribution in [0.4, 0.5) is 14.6 Å². The molecule has 7 nitrogen and oxygen atoms in total. The second-order valence-corrected chi connectivity index (χ2v) is 8.16. The molecule has 2 heterocycles. The molecule has 32 heavy (non-hydrogen) atoms. The molecule has 0 unspecified atom stereocenters. The van der Waals surface area contributed by atoms with Crippen LogP contribution in [0.15, 0.2) is 66.0 Å². The van der Waals surface area contributed by atoms with E-state index in [-0.39, 0.29) is 29.3 Å². The summed E-state index contributed by atoms with van der Waals surface area (Å²) in [5.74, 6) is 0.171. The molecule has 0 aliphatic carbocycles. The van der Waals surface area contributed by atoms with E-state index in [0.717, 1.165) is 0 Å². The standard InChI is InChI=1S/C22H20F2N6OS/c1-14(2)30-19(11-12-25-30)26-20(31)13-32-22-28-27-21(15-3-5-16(23)6-4-15)29(22)18-9-7-17(24)8-10-18/h3-12,14H,13H2,1-2H3,(H,26,31). The third-order valence-corrected chi connectivity index (χ3v) is 5.51. The van der Waals surface area contributed by atoms with Gasteiger partial charge in [-0.2, -0.15) is 5.10 Å². The molecule has 0 aliphatic rings. The highest BCUT2D eigenvalue weighted by Gasteiger charge is 2.18. The zero-order valence-electron chi connectivity index (χ0n) is 17.4. The van der Waals surface area contributed by atoms with Gasteiger partial charge in [0.1, 0.15) is 17.5 Å². The lowest BCUT2D eigenvalue weighted by Gasteiger charge is -2.12. The topological polar surface area (TPSA) is 77.6 Å². The van der Waals surface area contributed by atoms with Crippen LogP contribution in [0.3, 0.4) is 0 Å². The van der Waals surface area contributed by atoms with Crippen molar-refractivity contribution in [2.75, 3.05) is 11.1 Å². The van der Waals surface area contributed by atoms with Gasteiger partial charge in [-0.05, 0) is 62.4 Å². The molecule has 2 aromatic carbocycles. The minimum absolute atomic E-state index is 0.0754. The van der Waals surface area contributed by atoms with Crippen molar-refractivity contribution in [1.82, 2.24) is 24.5 Å². The zero-order valence-corrected chi connectivity index (χ0v) is 18.2. The largest absolute Gasteiger partial charge is 0.310 e. The van der Waals surface area contributed by atoms with E-state index in [2.05, 4.69) is 20.6 Å². The monoisotopic (exact) mass is 454 g/mol. The number of aromatic nitrogens is 5. The van der Waals surface area contributed by atoms with E-state index in [9.17, 15) is 13.6 Å². The average molecular weight is 455 g/mol. The Bertz CT molecular complexity index is 1220.